The molecular weight excluding hydrogens is 164 g/mol. The van der Waals surface area contributed by atoms with Crippen molar-refractivity contribution in [3.8, 4) is 0 Å². The van der Waals surface area contributed by atoms with Crippen LogP contribution in [0.25, 0.3) is 11.0 Å². The van der Waals surface area contributed by atoms with Gasteiger partial charge in [0.1, 0.15) is 5.82 Å². The number of para-hydroxylation sites is 2. The molecule has 2 aromatic rings. The molecule has 1 heterocycles. The summed E-state index contributed by atoms with van der Waals surface area (Å²) < 4.78 is 0. The van der Waals surface area contributed by atoms with Gasteiger partial charge >= 0.3 is 0 Å². The number of nitrogens with zero attached hydrogens (tertiary/aromatic N) is 1. The molecule has 0 radical (unpaired) electrons. The molecule has 0 fully saturated rings. The number of aromatic amines is 1. The van der Waals surface area contributed by atoms with Crippen molar-refractivity contribution in [2.75, 3.05) is 0 Å². The van der Waals surface area contributed by atoms with Crippen LogP contribution in [0.1, 0.15) is 12.7 Å². The fraction of sp³-hybridized carbons (Fsp3) is 0.300. The lowest BCUT2D eigenvalue weighted by Crippen LogP contribution is -2.05. The largest absolute Gasteiger partial charge is 0.393 e. The number of H-pyrrole nitrogens is 1. The summed E-state index contributed by atoms with van der Waals surface area (Å²) in [7, 11) is 0. The second-order valence-corrected chi connectivity index (χ2v) is 3.25. The quantitative estimate of drug-likeness (QED) is 0.728. The van der Waals surface area contributed by atoms with E-state index in [1.807, 2.05) is 24.3 Å². The number of benzene rings is 1. The van der Waals surface area contributed by atoms with Gasteiger partial charge in [-0.3, -0.25) is 0 Å². The van der Waals surface area contributed by atoms with Crippen molar-refractivity contribution in [3.63, 3.8) is 0 Å². The van der Waals surface area contributed by atoms with Crippen molar-refractivity contribution < 1.29 is 5.11 Å². The molecule has 3 nitrogen and oxygen atoms in total. The standard InChI is InChI=1S/C10H12N2O/c1-7(13)6-10-11-8-4-2-3-5-9(8)12-10/h2-5,7,13H,6H2,1H3,(H,11,12)/t7-/m1/s1. The first-order valence-corrected chi connectivity index (χ1v) is 4.37. The maximum absolute atomic E-state index is 9.17. The van der Waals surface area contributed by atoms with Crippen LogP contribution in [0.15, 0.2) is 24.3 Å². The zero-order chi connectivity index (χ0) is 9.26. The minimum atomic E-state index is -0.347. The van der Waals surface area contributed by atoms with Gasteiger partial charge in [-0.2, -0.15) is 0 Å². The third-order valence-corrected chi connectivity index (χ3v) is 1.93. The van der Waals surface area contributed by atoms with Crippen LogP contribution in [-0.4, -0.2) is 21.2 Å². The second-order valence-electron chi connectivity index (χ2n) is 3.25. The maximum Gasteiger partial charge on any atom is 0.109 e. The summed E-state index contributed by atoms with van der Waals surface area (Å²) in [6, 6.07) is 7.85. The number of aliphatic hydroxyl groups is 1. The Labute approximate surface area is 76.4 Å². The maximum atomic E-state index is 9.17. The molecule has 13 heavy (non-hydrogen) atoms. The van der Waals surface area contributed by atoms with Crippen LogP contribution in [0, 0.1) is 0 Å². The molecule has 0 aliphatic heterocycles. The number of nitrogens with one attached hydrogen (secondary N) is 1. The van der Waals surface area contributed by atoms with E-state index in [-0.39, 0.29) is 6.10 Å². The Hall–Kier alpha value is -1.35. The highest BCUT2D eigenvalue weighted by molar-refractivity contribution is 5.74. The molecule has 3 heteroatoms. The van der Waals surface area contributed by atoms with E-state index in [0.717, 1.165) is 16.9 Å². The molecule has 0 spiro atoms. The number of hydrogen-bond donors (Lipinski definition) is 2. The number of fused-ring (bicyclic) bond motifs is 1. The van der Waals surface area contributed by atoms with Crippen molar-refractivity contribution >= 4 is 11.0 Å². The van der Waals surface area contributed by atoms with Gasteiger partial charge in [-0.15, -0.1) is 0 Å². The molecule has 0 aliphatic carbocycles. The zero-order valence-electron chi connectivity index (χ0n) is 7.49. The van der Waals surface area contributed by atoms with E-state index in [0.29, 0.717) is 6.42 Å². The first-order chi connectivity index (χ1) is 6.25. The van der Waals surface area contributed by atoms with Gasteiger partial charge in [0.2, 0.25) is 0 Å². The normalized spacial score (nSPS) is 13.4. The summed E-state index contributed by atoms with van der Waals surface area (Å²) in [6.07, 6.45) is 0.231. The molecular formula is C10H12N2O. The third-order valence-electron chi connectivity index (χ3n) is 1.93. The van der Waals surface area contributed by atoms with Crippen molar-refractivity contribution in [2.45, 2.75) is 19.4 Å². The lowest BCUT2D eigenvalue weighted by atomic mass is 10.3. The van der Waals surface area contributed by atoms with E-state index in [1.54, 1.807) is 6.92 Å². The van der Waals surface area contributed by atoms with Crippen LogP contribution in [0.2, 0.25) is 0 Å². The fourth-order valence-corrected chi connectivity index (χ4v) is 1.38. The van der Waals surface area contributed by atoms with Crippen molar-refractivity contribution in [3.05, 3.63) is 30.1 Å². The van der Waals surface area contributed by atoms with E-state index in [4.69, 9.17) is 0 Å². The minimum absolute atomic E-state index is 0.347. The Morgan fingerprint density at radius 2 is 2.23 bits per heavy atom. The third kappa shape index (κ3) is 1.70. The molecule has 1 aromatic carbocycles. The second kappa shape index (κ2) is 3.18. The van der Waals surface area contributed by atoms with Crippen LogP contribution in [0.4, 0.5) is 0 Å². The molecule has 2 rings (SSSR count). The van der Waals surface area contributed by atoms with Gasteiger partial charge in [0.05, 0.1) is 17.1 Å². The van der Waals surface area contributed by atoms with E-state index in [2.05, 4.69) is 9.97 Å². The van der Waals surface area contributed by atoms with Crippen molar-refractivity contribution in [2.24, 2.45) is 0 Å². The lowest BCUT2D eigenvalue weighted by molar-refractivity contribution is 0.193. The van der Waals surface area contributed by atoms with Crippen LogP contribution < -0.4 is 0 Å². The van der Waals surface area contributed by atoms with E-state index in [1.165, 1.54) is 0 Å². The van der Waals surface area contributed by atoms with Gasteiger partial charge in [0.25, 0.3) is 0 Å². The van der Waals surface area contributed by atoms with E-state index in [9.17, 15) is 5.11 Å². The summed E-state index contributed by atoms with van der Waals surface area (Å²) >= 11 is 0. The van der Waals surface area contributed by atoms with E-state index >= 15 is 0 Å². The molecule has 2 N–H and O–H groups in total. The molecule has 0 saturated heterocycles. The van der Waals surface area contributed by atoms with Gasteiger partial charge in [-0.05, 0) is 19.1 Å². The highest BCUT2D eigenvalue weighted by Crippen LogP contribution is 2.11. The number of aliphatic hydroxyl groups excluding tert-OH is 1. The Morgan fingerprint density at radius 3 is 2.92 bits per heavy atom. The first kappa shape index (κ1) is 8.26. The molecule has 0 saturated carbocycles. The summed E-state index contributed by atoms with van der Waals surface area (Å²) in [5, 5.41) is 9.17. The molecule has 0 bridgehead atoms. The van der Waals surface area contributed by atoms with Gasteiger partial charge in [-0.25, -0.2) is 4.98 Å². The van der Waals surface area contributed by atoms with Gasteiger partial charge in [0.15, 0.2) is 0 Å². The minimum Gasteiger partial charge on any atom is -0.393 e. The van der Waals surface area contributed by atoms with E-state index < -0.39 is 0 Å². The van der Waals surface area contributed by atoms with Crippen LogP contribution in [-0.2, 0) is 6.42 Å². The highest BCUT2D eigenvalue weighted by atomic mass is 16.3. The average Bonchev–Trinajstić information content (AvgIpc) is 2.44. The molecule has 68 valence electrons. The topological polar surface area (TPSA) is 48.9 Å². The lowest BCUT2D eigenvalue weighted by Gasteiger charge is -1.97. The number of imidazole rings is 1. The monoisotopic (exact) mass is 176 g/mol. The Balaban J connectivity index is 2.38. The fourth-order valence-electron chi connectivity index (χ4n) is 1.38. The highest BCUT2D eigenvalue weighted by Gasteiger charge is 2.04. The van der Waals surface area contributed by atoms with Crippen molar-refractivity contribution in [1.29, 1.82) is 0 Å². The van der Waals surface area contributed by atoms with Crippen LogP contribution in [0.5, 0.6) is 0 Å². The smallest absolute Gasteiger partial charge is 0.109 e. The molecule has 0 amide bonds. The van der Waals surface area contributed by atoms with Crippen molar-refractivity contribution in [1.82, 2.24) is 9.97 Å². The molecule has 1 aromatic heterocycles. The molecule has 1 atom stereocenters. The number of rotatable bonds is 2. The summed E-state index contributed by atoms with van der Waals surface area (Å²) in [4.78, 5) is 7.49. The Kier molecular flexibility index (Phi) is 2.02. The number of aromatic nitrogens is 2. The Bertz CT molecular complexity index is 373. The van der Waals surface area contributed by atoms with Crippen LogP contribution >= 0.6 is 0 Å². The zero-order valence-corrected chi connectivity index (χ0v) is 7.49. The summed E-state index contributed by atoms with van der Waals surface area (Å²) in [5.41, 5.74) is 1.98. The first-order valence-electron chi connectivity index (χ1n) is 4.37. The Morgan fingerprint density at radius 1 is 1.46 bits per heavy atom. The average molecular weight is 176 g/mol. The van der Waals surface area contributed by atoms with Gasteiger partial charge in [-0.1, -0.05) is 12.1 Å². The number of hydrogen-bond acceptors (Lipinski definition) is 2. The van der Waals surface area contributed by atoms with Gasteiger partial charge < -0.3 is 10.1 Å². The molecule has 0 aliphatic rings. The summed E-state index contributed by atoms with van der Waals surface area (Å²) in [6.45, 7) is 1.76. The predicted molar refractivity (Wildman–Crippen MR) is 51.5 cm³/mol. The molecule has 0 unspecified atom stereocenters. The van der Waals surface area contributed by atoms with Gasteiger partial charge in [0, 0.05) is 6.42 Å². The van der Waals surface area contributed by atoms with Crippen LogP contribution in [0.3, 0.4) is 0 Å². The summed E-state index contributed by atoms with van der Waals surface area (Å²) in [5.74, 6) is 0.844. The SMILES string of the molecule is C[C@@H](O)Cc1nc2ccccc2[nH]1. The predicted octanol–water partition coefficient (Wildman–Crippen LogP) is 1.49.